The van der Waals surface area contributed by atoms with Crippen molar-refractivity contribution in [1.29, 1.82) is 0 Å². The van der Waals surface area contributed by atoms with E-state index in [2.05, 4.69) is 20.6 Å². The molecule has 2 heterocycles. The number of sulfone groups is 1. The molecule has 4 rings (SSSR count). The van der Waals surface area contributed by atoms with Crippen LogP contribution in [0.1, 0.15) is 5.56 Å². The molecule has 0 saturated heterocycles. The summed E-state index contributed by atoms with van der Waals surface area (Å²) in [6.45, 7) is 1.87. The topological polar surface area (TPSA) is 119 Å². The summed E-state index contributed by atoms with van der Waals surface area (Å²) >= 11 is 0. The van der Waals surface area contributed by atoms with Gasteiger partial charge in [-0.25, -0.2) is 18.2 Å². The third kappa shape index (κ3) is 3.90. The maximum Gasteiger partial charge on any atom is 0.419 e. The third-order valence-electron chi connectivity index (χ3n) is 4.57. The van der Waals surface area contributed by atoms with Crippen molar-refractivity contribution >= 4 is 44.1 Å². The molecule has 0 saturated carbocycles. The minimum absolute atomic E-state index is 0.239. The molecule has 0 radical (unpaired) electrons. The van der Waals surface area contributed by atoms with Gasteiger partial charge in [-0.05, 0) is 43.3 Å². The van der Waals surface area contributed by atoms with Crippen molar-refractivity contribution in [1.82, 2.24) is 14.5 Å². The minimum Gasteiger partial charge on any atom is -0.408 e. The zero-order valence-corrected chi connectivity index (χ0v) is 17.3. The van der Waals surface area contributed by atoms with E-state index in [1.54, 1.807) is 37.5 Å². The number of rotatable bonds is 5. The fourth-order valence-corrected chi connectivity index (χ4v) is 3.52. The van der Waals surface area contributed by atoms with Gasteiger partial charge in [-0.2, -0.15) is 4.98 Å². The van der Waals surface area contributed by atoms with Gasteiger partial charge in [0.25, 0.3) is 0 Å². The lowest BCUT2D eigenvalue weighted by Gasteiger charge is -2.11. The molecule has 0 atom stereocenters. The van der Waals surface area contributed by atoms with Gasteiger partial charge in [-0.3, -0.25) is 4.57 Å². The lowest BCUT2D eigenvalue weighted by molar-refractivity contribution is 0.528. The van der Waals surface area contributed by atoms with Crippen LogP contribution in [-0.2, 0) is 16.9 Å². The largest absolute Gasteiger partial charge is 0.419 e. The third-order valence-corrected chi connectivity index (χ3v) is 5.69. The van der Waals surface area contributed by atoms with Crippen molar-refractivity contribution in [3.63, 3.8) is 0 Å². The highest BCUT2D eigenvalue weighted by molar-refractivity contribution is 7.90. The Labute approximate surface area is 172 Å². The van der Waals surface area contributed by atoms with Crippen LogP contribution in [0.5, 0.6) is 0 Å². The molecule has 30 heavy (non-hydrogen) atoms. The van der Waals surface area contributed by atoms with E-state index in [9.17, 15) is 13.2 Å². The van der Waals surface area contributed by atoms with Gasteiger partial charge < -0.3 is 15.1 Å². The van der Waals surface area contributed by atoms with Gasteiger partial charge in [0.05, 0.1) is 10.4 Å². The number of anilines is 4. The van der Waals surface area contributed by atoms with Crippen LogP contribution in [0.4, 0.5) is 23.1 Å². The van der Waals surface area contributed by atoms with E-state index in [0.29, 0.717) is 34.2 Å². The van der Waals surface area contributed by atoms with E-state index >= 15 is 0 Å². The summed E-state index contributed by atoms with van der Waals surface area (Å²) in [6, 6.07) is 11.7. The van der Waals surface area contributed by atoms with Gasteiger partial charge in [0.15, 0.2) is 15.4 Å². The number of nitrogens with one attached hydrogen (secondary N) is 2. The van der Waals surface area contributed by atoms with Crippen LogP contribution >= 0.6 is 0 Å². The van der Waals surface area contributed by atoms with Crippen molar-refractivity contribution in [2.24, 2.45) is 7.05 Å². The summed E-state index contributed by atoms with van der Waals surface area (Å²) in [6.07, 6.45) is 2.83. The number of hydrogen-bond acceptors (Lipinski definition) is 8. The summed E-state index contributed by atoms with van der Waals surface area (Å²) in [5.74, 6) is 0.508. The average Bonchev–Trinajstić information content (AvgIpc) is 2.97. The van der Waals surface area contributed by atoms with Crippen molar-refractivity contribution in [2.45, 2.75) is 11.8 Å². The Bertz CT molecular complexity index is 1410. The zero-order valence-electron chi connectivity index (χ0n) is 16.5. The Morgan fingerprint density at radius 3 is 2.43 bits per heavy atom. The smallest absolute Gasteiger partial charge is 0.408 e. The first-order valence-electron chi connectivity index (χ1n) is 8.98. The van der Waals surface area contributed by atoms with Crippen molar-refractivity contribution < 1.29 is 12.8 Å². The highest BCUT2D eigenvalue weighted by Gasteiger charge is 2.10. The van der Waals surface area contributed by atoms with E-state index in [1.165, 1.54) is 16.7 Å². The molecule has 154 valence electrons. The molecule has 2 aromatic heterocycles. The van der Waals surface area contributed by atoms with Crippen molar-refractivity contribution in [2.75, 3.05) is 16.9 Å². The second-order valence-electron chi connectivity index (χ2n) is 6.88. The summed E-state index contributed by atoms with van der Waals surface area (Å²) in [4.78, 5) is 20.7. The summed E-state index contributed by atoms with van der Waals surface area (Å²) in [7, 11) is -1.60. The summed E-state index contributed by atoms with van der Waals surface area (Å²) < 4.78 is 29.8. The number of nitrogens with zero attached hydrogens (tertiary/aromatic N) is 3. The van der Waals surface area contributed by atoms with E-state index in [1.807, 2.05) is 13.0 Å². The Balaban J connectivity index is 1.58. The van der Waals surface area contributed by atoms with Gasteiger partial charge >= 0.3 is 5.76 Å². The van der Waals surface area contributed by atoms with Gasteiger partial charge in [0.2, 0.25) is 5.95 Å². The predicted molar refractivity (Wildman–Crippen MR) is 114 cm³/mol. The van der Waals surface area contributed by atoms with E-state index in [4.69, 9.17) is 4.42 Å². The van der Waals surface area contributed by atoms with Crippen LogP contribution in [0.3, 0.4) is 0 Å². The van der Waals surface area contributed by atoms with Gasteiger partial charge in [-0.15, -0.1) is 0 Å². The number of aromatic nitrogens is 3. The fraction of sp³-hybridized carbons (Fsp3) is 0.150. The molecule has 0 aliphatic heterocycles. The summed E-state index contributed by atoms with van der Waals surface area (Å²) in [5.41, 5.74) is 3.36. The second-order valence-corrected chi connectivity index (χ2v) is 8.90. The van der Waals surface area contributed by atoms with Crippen molar-refractivity contribution in [3.8, 4) is 0 Å². The molecule has 0 fully saturated rings. The first-order valence-corrected chi connectivity index (χ1v) is 10.9. The highest BCUT2D eigenvalue weighted by Crippen LogP contribution is 2.24. The lowest BCUT2D eigenvalue weighted by Crippen LogP contribution is -2.08. The molecule has 0 unspecified atom stereocenters. The second kappa shape index (κ2) is 7.30. The molecular formula is C20H19N5O4S. The van der Waals surface area contributed by atoms with E-state index in [0.717, 1.165) is 11.8 Å². The molecule has 2 N–H and O–H groups in total. The van der Waals surface area contributed by atoms with Gasteiger partial charge in [0.1, 0.15) is 5.82 Å². The molecule has 0 aliphatic rings. The molecule has 0 aliphatic carbocycles. The minimum atomic E-state index is -3.25. The van der Waals surface area contributed by atoms with Crippen LogP contribution in [0.2, 0.25) is 0 Å². The van der Waals surface area contributed by atoms with Crippen LogP contribution in [-0.4, -0.2) is 29.2 Å². The Hall–Kier alpha value is -3.66. The first-order chi connectivity index (χ1) is 14.2. The molecule has 0 spiro atoms. The monoisotopic (exact) mass is 425 g/mol. The molecule has 0 amide bonds. The average molecular weight is 425 g/mol. The molecular weight excluding hydrogens is 406 g/mol. The summed E-state index contributed by atoms with van der Waals surface area (Å²) in [5, 5.41) is 6.26. The Kier molecular flexibility index (Phi) is 4.78. The quantitative estimate of drug-likeness (QED) is 0.501. The standard InChI is InChI=1S/C20H19N5O4S/c1-12-11-21-19(23-13-4-7-15(8-5-13)30(3,27)28)24-18(12)22-14-6-9-16-17(10-14)29-20(26)25(16)2/h4-11H,1-3H3,(H2,21,22,23,24). The van der Waals surface area contributed by atoms with Crippen LogP contribution in [0, 0.1) is 6.92 Å². The maximum absolute atomic E-state index is 11.7. The molecule has 4 aromatic rings. The Morgan fingerprint density at radius 2 is 1.73 bits per heavy atom. The maximum atomic E-state index is 11.7. The van der Waals surface area contributed by atoms with Crippen LogP contribution in [0.25, 0.3) is 11.1 Å². The number of hydrogen-bond donors (Lipinski definition) is 2. The first kappa shape index (κ1) is 19.6. The van der Waals surface area contributed by atoms with E-state index < -0.39 is 15.6 Å². The molecule has 0 bridgehead atoms. The number of oxazole rings is 1. The molecule has 9 nitrogen and oxygen atoms in total. The van der Waals surface area contributed by atoms with Crippen LogP contribution in [0.15, 0.2) is 62.8 Å². The predicted octanol–water partition coefficient (Wildman–Crippen LogP) is 3.12. The highest BCUT2D eigenvalue weighted by atomic mass is 32.2. The van der Waals surface area contributed by atoms with E-state index in [-0.39, 0.29) is 4.90 Å². The SMILES string of the molecule is Cc1cnc(Nc2ccc(S(C)(=O)=O)cc2)nc1Nc1ccc2c(c1)oc(=O)n2C. The van der Waals surface area contributed by atoms with Gasteiger partial charge in [0, 0.05) is 42.5 Å². The number of fused-ring (bicyclic) bond motifs is 1. The molecule has 10 heteroatoms. The fourth-order valence-electron chi connectivity index (χ4n) is 2.89. The number of aryl methyl sites for hydroxylation is 2. The molecule has 2 aromatic carbocycles. The zero-order chi connectivity index (χ0) is 21.5. The van der Waals surface area contributed by atoms with Gasteiger partial charge in [-0.1, -0.05) is 0 Å². The lowest BCUT2D eigenvalue weighted by atomic mass is 10.2. The van der Waals surface area contributed by atoms with Crippen LogP contribution < -0.4 is 16.4 Å². The number of benzene rings is 2. The Morgan fingerprint density at radius 1 is 1.03 bits per heavy atom. The van der Waals surface area contributed by atoms with Crippen molar-refractivity contribution in [3.05, 3.63) is 64.8 Å². The normalized spacial score (nSPS) is 11.6.